The van der Waals surface area contributed by atoms with E-state index in [-0.39, 0.29) is 36.9 Å². The van der Waals surface area contributed by atoms with Crippen LogP contribution < -0.4 is 0 Å². The van der Waals surface area contributed by atoms with Gasteiger partial charge in [0.15, 0.2) is 5.05 Å². The number of aliphatic hydroxyl groups excluding tert-OH is 2. The Bertz CT molecular complexity index is 829. The SMILES string of the molecule is CCCCCCCC(=S)OCCC[Si](C)(OCC(C)CO)OCC(C)CO[SiH](CCCS)COCC(C)CO[Si@@](C)(CCCS)OCC(C)CO. The molecule has 0 saturated heterocycles. The zero-order chi connectivity index (χ0) is 38.4. The van der Waals surface area contributed by atoms with Crippen molar-refractivity contribution in [1.82, 2.24) is 0 Å². The van der Waals surface area contributed by atoms with E-state index < -0.39 is 26.2 Å². The summed E-state index contributed by atoms with van der Waals surface area (Å²) in [5.41, 5.74) is 0. The Morgan fingerprint density at radius 2 is 1.18 bits per heavy atom. The summed E-state index contributed by atoms with van der Waals surface area (Å²) >= 11 is 14.3. The van der Waals surface area contributed by atoms with Gasteiger partial charge in [-0.1, -0.05) is 60.3 Å². The molecule has 0 rings (SSSR count). The highest BCUT2D eigenvalue weighted by Crippen LogP contribution is 2.21. The van der Waals surface area contributed by atoms with Gasteiger partial charge in [-0.25, -0.2) is 0 Å². The lowest BCUT2D eigenvalue weighted by atomic mass is 10.1. The van der Waals surface area contributed by atoms with Crippen LogP contribution in [0.25, 0.3) is 0 Å². The lowest BCUT2D eigenvalue weighted by molar-refractivity contribution is 0.0759. The second-order valence-corrected chi connectivity index (χ2v) is 25.5. The van der Waals surface area contributed by atoms with E-state index in [1.807, 2.05) is 13.8 Å². The predicted octanol–water partition coefficient (Wildman–Crippen LogP) is 7.76. The molecule has 0 aromatic heterocycles. The fourth-order valence-electron chi connectivity index (χ4n) is 5.01. The summed E-state index contributed by atoms with van der Waals surface area (Å²) in [5.74, 6) is 2.22. The van der Waals surface area contributed by atoms with Crippen molar-refractivity contribution in [3.8, 4) is 0 Å². The van der Waals surface area contributed by atoms with Crippen LogP contribution in [0.4, 0.5) is 0 Å². The second-order valence-electron chi connectivity index (χ2n) is 15.0. The fraction of sp³-hybridized carbons (Fsp3) is 0.972. The minimum atomic E-state index is -2.50. The van der Waals surface area contributed by atoms with Gasteiger partial charge in [-0.15, -0.1) is 0 Å². The lowest BCUT2D eigenvalue weighted by Gasteiger charge is -2.30. The van der Waals surface area contributed by atoms with Crippen molar-refractivity contribution in [2.45, 2.75) is 124 Å². The van der Waals surface area contributed by atoms with E-state index in [9.17, 15) is 10.2 Å². The standard InChI is InChI=1S/C36H78O9S3Si3/c1-8-9-10-11-12-16-36(48)40-17-13-21-50(6,42-27-32(2)23-37)45-30-35(5)26-41-49(20-14-18-46)31-39-25-34(4)29-44-51(7,22-15-19-47)43-28-33(3)24-38/h32-35,37-38,46-47,49H,8-31H2,1-7H3/t32?,33?,34?,35?,49?,50?,51-/m0/s1. The minimum Gasteiger partial charge on any atom is -0.487 e. The number of aliphatic hydroxyl groups is 2. The molecule has 0 bridgehead atoms. The molecule has 9 nitrogen and oxygen atoms in total. The minimum absolute atomic E-state index is 0.0595. The Morgan fingerprint density at radius 1 is 0.667 bits per heavy atom. The highest BCUT2D eigenvalue weighted by Gasteiger charge is 2.33. The third-order valence-corrected chi connectivity index (χ3v) is 17.5. The molecule has 0 amide bonds. The van der Waals surface area contributed by atoms with E-state index in [0.29, 0.717) is 57.5 Å². The highest BCUT2D eigenvalue weighted by atomic mass is 32.1. The van der Waals surface area contributed by atoms with Crippen LogP contribution in [0.3, 0.4) is 0 Å². The van der Waals surface area contributed by atoms with E-state index in [4.69, 9.17) is 43.8 Å². The smallest absolute Gasteiger partial charge is 0.335 e. The van der Waals surface area contributed by atoms with Gasteiger partial charge in [0.25, 0.3) is 0 Å². The molecule has 0 aromatic rings. The van der Waals surface area contributed by atoms with Gasteiger partial charge in [0.05, 0.1) is 19.4 Å². The van der Waals surface area contributed by atoms with Crippen LogP contribution in [-0.4, -0.2) is 119 Å². The van der Waals surface area contributed by atoms with Gasteiger partial charge in [-0.3, -0.25) is 0 Å². The molecule has 0 aliphatic heterocycles. The first-order valence-electron chi connectivity index (χ1n) is 19.7. The summed E-state index contributed by atoms with van der Waals surface area (Å²) < 4.78 is 44.1. The summed E-state index contributed by atoms with van der Waals surface area (Å²) in [7, 11) is -6.46. The van der Waals surface area contributed by atoms with Crippen LogP contribution in [0.5, 0.6) is 0 Å². The third-order valence-electron chi connectivity index (χ3n) is 8.63. The molecule has 51 heavy (non-hydrogen) atoms. The first-order valence-corrected chi connectivity index (χ1v) is 28.5. The van der Waals surface area contributed by atoms with Gasteiger partial charge in [-0.05, 0) is 80.6 Å². The zero-order valence-corrected chi connectivity index (χ0v) is 39.2. The topological polar surface area (TPSA) is 105 Å². The normalized spacial score (nSPS) is 17.3. The van der Waals surface area contributed by atoms with Crippen molar-refractivity contribution in [3.63, 3.8) is 0 Å². The molecule has 0 aliphatic carbocycles. The third kappa shape index (κ3) is 29.8. The molecular formula is C36H78O9S3Si3. The van der Waals surface area contributed by atoms with E-state index in [1.165, 1.54) is 25.7 Å². The molecule has 0 aliphatic rings. The Kier molecular flexibility index (Phi) is 33.7. The number of thiocarbonyl (C=S) groups is 1. The number of hydrogen-bond donors (Lipinski definition) is 4. The molecule has 0 spiro atoms. The summed E-state index contributed by atoms with van der Waals surface area (Å²) in [4.78, 5) is 0. The Balaban J connectivity index is 4.83. The molecule has 0 saturated carbocycles. The maximum atomic E-state index is 9.56. The van der Waals surface area contributed by atoms with Crippen molar-refractivity contribution in [2.75, 3.05) is 77.2 Å². The molecule has 0 aromatic carbocycles. The van der Waals surface area contributed by atoms with E-state index in [0.717, 1.165) is 61.7 Å². The van der Waals surface area contributed by atoms with Crippen LogP contribution in [-0.2, 0) is 31.6 Å². The Morgan fingerprint density at radius 3 is 1.71 bits per heavy atom. The number of unbranched alkanes of at least 4 members (excludes halogenated alkanes) is 4. The van der Waals surface area contributed by atoms with Crippen molar-refractivity contribution in [2.24, 2.45) is 23.7 Å². The average Bonchev–Trinajstić information content (AvgIpc) is 3.13. The zero-order valence-electron chi connectivity index (χ0n) is 33.4. The molecule has 2 N–H and O–H groups in total. The number of thiol groups is 2. The molecule has 6 unspecified atom stereocenters. The van der Waals surface area contributed by atoms with E-state index in [1.54, 1.807) is 0 Å². The fourth-order valence-corrected chi connectivity index (χ4v) is 13.2. The van der Waals surface area contributed by atoms with Crippen molar-refractivity contribution in [3.05, 3.63) is 0 Å². The molecule has 0 heterocycles. The van der Waals surface area contributed by atoms with Crippen molar-refractivity contribution < 1.29 is 41.8 Å². The lowest BCUT2D eigenvalue weighted by Crippen LogP contribution is -2.42. The quantitative estimate of drug-likeness (QED) is 0.0215. The van der Waals surface area contributed by atoms with E-state index >= 15 is 0 Å². The first-order chi connectivity index (χ1) is 24.4. The summed E-state index contributed by atoms with van der Waals surface area (Å²) in [6, 6.07) is 2.70. The molecule has 15 heteroatoms. The molecular weight excluding hydrogens is 757 g/mol. The van der Waals surface area contributed by atoms with Crippen molar-refractivity contribution >= 4 is 68.7 Å². The van der Waals surface area contributed by atoms with Crippen LogP contribution in [0.2, 0.25) is 31.2 Å². The molecule has 7 atom stereocenters. The Labute approximate surface area is 333 Å². The van der Waals surface area contributed by atoms with Crippen molar-refractivity contribution in [1.29, 1.82) is 0 Å². The summed E-state index contributed by atoms with van der Waals surface area (Å²) in [6.07, 6.45) is 10.4. The molecule has 306 valence electrons. The average molecular weight is 835 g/mol. The maximum absolute atomic E-state index is 9.56. The number of hydrogen-bond acceptors (Lipinski definition) is 12. The van der Waals surface area contributed by atoms with E-state index in [2.05, 4.69) is 59.1 Å². The van der Waals surface area contributed by atoms with Crippen LogP contribution >= 0.6 is 37.5 Å². The summed E-state index contributed by atoms with van der Waals surface area (Å²) in [6.45, 7) is 18.9. The predicted molar refractivity (Wildman–Crippen MR) is 230 cm³/mol. The largest absolute Gasteiger partial charge is 0.487 e. The highest BCUT2D eigenvalue weighted by molar-refractivity contribution is 7.80. The van der Waals surface area contributed by atoms with Crippen LogP contribution in [0.1, 0.15) is 92.4 Å². The number of ether oxygens (including phenoxy) is 2. The van der Waals surface area contributed by atoms with Gasteiger partial charge in [0.1, 0.15) is 0 Å². The summed E-state index contributed by atoms with van der Waals surface area (Å²) in [5, 5.41) is 19.7. The molecule has 0 radical (unpaired) electrons. The Hall–Kier alpha value is 0.921. The van der Waals surface area contributed by atoms with Crippen LogP contribution in [0, 0.1) is 23.7 Å². The van der Waals surface area contributed by atoms with Crippen LogP contribution in [0.15, 0.2) is 0 Å². The maximum Gasteiger partial charge on any atom is 0.335 e. The molecule has 0 fully saturated rings. The number of rotatable bonds is 37. The van der Waals surface area contributed by atoms with Gasteiger partial charge in [-0.2, -0.15) is 25.3 Å². The second kappa shape index (κ2) is 33.1. The van der Waals surface area contributed by atoms with Gasteiger partial charge in [0.2, 0.25) is 9.04 Å². The first kappa shape index (κ1) is 51.9. The van der Waals surface area contributed by atoms with Gasteiger partial charge in [0, 0.05) is 76.3 Å². The monoisotopic (exact) mass is 834 g/mol. The van der Waals surface area contributed by atoms with Gasteiger partial charge >= 0.3 is 17.1 Å². The van der Waals surface area contributed by atoms with Gasteiger partial charge < -0.3 is 41.8 Å².